The van der Waals surface area contributed by atoms with Crippen molar-refractivity contribution in [3.05, 3.63) is 0 Å². The lowest BCUT2D eigenvalue weighted by atomic mass is 10.1. The Morgan fingerprint density at radius 2 is 2.06 bits per heavy atom. The highest BCUT2D eigenvalue weighted by molar-refractivity contribution is 7.92. The summed E-state index contributed by atoms with van der Waals surface area (Å²) in [7, 11) is -2.89. The van der Waals surface area contributed by atoms with E-state index in [1.165, 1.54) is 32.4 Å². The van der Waals surface area contributed by atoms with Gasteiger partial charge < -0.3 is 5.32 Å². The number of hydrogen-bond acceptors (Lipinski definition) is 4. The molecule has 2 saturated heterocycles. The summed E-state index contributed by atoms with van der Waals surface area (Å²) in [6.07, 6.45) is 3.74. The van der Waals surface area contributed by atoms with Crippen LogP contribution in [0.3, 0.4) is 0 Å². The zero-order chi connectivity index (χ0) is 12.5. The minimum Gasteiger partial charge on any atom is -0.311 e. The zero-order valence-electron chi connectivity index (χ0n) is 10.9. The zero-order valence-corrected chi connectivity index (χ0v) is 11.7. The van der Waals surface area contributed by atoms with E-state index in [4.69, 9.17) is 0 Å². The Balaban J connectivity index is 1.76. The molecule has 2 atom stereocenters. The fraction of sp³-hybridized carbons (Fsp3) is 1.00. The summed E-state index contributed by atoms with van der Waals surface area (Å²) >= 11 is 0. The SMILES string of the molecule is CC(C)S(=O)(=O)CCNC1CCN2CCCC12. The van der Waals surface area contributed by atoms with Gasteiger partial charge in [-0.2, -0.15) is 0 Å². The van der Waals surface area contributed by atoms with Crippen LogP contribution in [0.2, 0.25) is 0 Å². The summed E-state index contributed by atoms with van der Waals surface area (Å²) in [5, 5.41) is 3.19. The first-order valence-electron chi connectivity index (χ1n) is 6.70. The highest BCUT2D eigenvalue weighted by Gasteiger charge is 2.36. The number of hydrogen-bond donors (Lipinski definition) is 1. The highest BCUT2D eigenvalue weighted by Crippen LogP contribution is 2.27. The molecule has 5 heteroatoms. The monoisotopic (exact) mass is 260 g/mol. The first kappa shape index (κ1) is 13.3. The van der Waals surface area contributed by atoms with E-state index in [9.17, 15) is 8.42 Å². The minimum atomic E-state index is -2.89. The number of fused-ring (bicyclic) bond motifs is 1. The second kappa shape index (κ2) is 5.24. The second-order valence-corrected chi connectivity index (χ2v) is 8.19. The molecule has 0 radical (unpaired) electrons. The molecule has 0 aromatic rings. The summed E-state index contributed by atoms with van der Waals surface area (Å²) in [4.78, 5) is 2.54. The van der Waals surface area contributed by atoms with Crippen LogP contribution in [-0.4, -0.2) is 56.0 Å². The van der Waals surface area contributed by atoms with Gasteiger partial charge in [0.25, 0.3) is 0 Å². The van der Waals surface area contributed by atoms with Crippen LogP contribution in [0.15, 0.2) is 0 Å². The van der Waals surface area contributed by atoms with Crippen molar-refractivity contribution in [3.8, 4) is 0 Å². The van der Waals surface area contributed by atoms with Crippen LogP contribution in [0.1, 0.15) is 33.1 Å². The van der Waals surface area contributed by atoms with Gasteiger partial charge in [0.15, 0.2) is 9.84 Å². The van der Waals surface area contributed by atoms with E-state index in [1.54, 1.807) is 13.8 Å². The number of sulfone groups is 1. The van der Waals surface area contributed by atoms with Gasteiger partial charge in [-0.05, 0) is 39.7 Å². The molecule has 4 nitrogen and oxygen atoms in total. The van der Waals surface area contributed by atoms with Crippen LogP contribution in [0, 0.1) is 0 Å². The Labute approximate surface area is 105 Å². The topological polar surface area (TPSA) is 49.4 Å². The van der Waals surface area contributed by atoms with Crippen molar-refractivity contribution >= 4 is 9.84 Å². The van der Waals surface area contributed by atoms with Gasteiger partial charge in [0.1, 0.15) is 0 Å². The normalized spacial score (nSPS) is 30.1. The van der Waals surface area contributed by atoms with Gasteiger partial charge in [0, 0.05) is 25.2 Å². The highest BCUT2D eigenvalue weighted by atomic mass is 32.2. The molecule has 0 bridgehead atoms. The summed E-state index contributed by atoms with van der Waals surface area (Å²) < 4.78 is 23.4. The fourth-order valence-corrected chi connectivity index (χ4v) is 3.82. The molecule has 0 saturated carbocycles. The van der Waals surface area contributed by atoms with E-state index in [0.717, 1.165) is 0 Å². The first-order valence-corrected chi connectivity index (χ1v) is 8.41. The van der Waals surface area contributed by atoms with Crippen molar-refractivity contribution in [2.45, 2.75) is 50.4 Å². The van der Waals surface area contributed by atoms with Crippen molar-refractivity contribution < 1.29 is 8.42 Å². The van der Waals surface area contributed by atoms with E-state index < -0.39 is 9.84 Å². The van der Waals surface area contributed by atoms with Crippen LogP contribution < -0.4 is 5.32 Å². The van der Waals surface area contributed by atoms with E-state index in [0.29, 0.717) is 18.6 Å². The molecule has 0 spiro atoms. The van der Waals surface area contributed by atoms with Crippen molar-refractivity contribution in [1.29, 1.82) is 0 Å². The molecule has 100 valence electrons. The van der Waals surface area contributed by atoms with Gasteiger partial charge in [0.2, 0.25) is 0 Å². The van der Waals surface area contributed by atoms with Gasteiger partial charge >= 0.3 is 0 Å². The fourth-order valence-electron chi connectivity index (χ4n) is 2.94. The molecule has 0 aromatic heterocycles. The minimum absolute atomic E-state index is 0.254. The van der Waals surface area contributed by atoms with Crippen molar-refractivity contribution in [3.63, 3.8) is 0 Å². The summed E-state index contributed by atoms with van der Waals surface area (Å²) in [6.45, 7) is 6.52. The van der Waals surface area contributed by atoms with Gasteiger partial charge in [-0.25, -0.2) is 8.42 Å². The maximum absolute atomic E-state index is 11.7. The molecular formula is C12H24N2O2S. The molecule has 2 aliphatic heterocycles. The molecule has 0 aromatic carbocycles. The molecule has 0 aliphatic carbocycles. The second-order valence-electron chi connectivity index (χ2n) is 5.51. The molecule has 1 N–H and O–H groups in total. The quantitative estimate of drug-likeness (QED) is 0.788. The number of nitrogens with one attached hydrogen (secondary N) is 1. The third-order valence-electron chi connectivity index (χ3n) is 4.12. The average Bonchev–Trinajstić information content (AvgIpc) is 2.81. The molecule has 2 aliphatic rings. The Kier molecular flexibility index (Phi) is 4.10. The van der Waals surface area contributed by atoms with E-state index >= 15 is 0 Å². The van der Waals surface area contributed by atoms with Gasteiger partial charge in [-0.1, -0.05) is 0 Å². The lowest BCUT2D eigenvalue weighted by Crippen LogP contribution is -2.41. The Morgan fingerprint density at radius 1 is 1.29 bits per heavy atom. The van der Waals surface area contributed by atoms with Crippen molar-refractivity contribution in [2.24, 2.45) is 0 Å². The Bertz CT molecular complexity index is 354. The summed E-state index contributed by atoms with van der Waals surface area (Å²) in [5.41, 5.74) is 0. The third-order valence-corrected chi connectivity index (χ3v) is 6.33. The predicted molar refractivity (Wildman–Crippen MR) is 69.9 cm³/mol. The van der Waals surface area contributed by atoms with Gasteiger partial charge in [-0.3, -0.25) is 4.90 Å². The van der Waals surface area contributed by atoms with Crippen molar-refractivity contribution in [2.75, 3.05) is 25.4 Å². The molecule has 2 heterocycles. The Morgan fingerprint density at radius 3 is 2.76 bits per heavy atom. The molecule has 2 rings (SSSR count). The predicted octanol–water partition coefficient (Wildman–Crippen LogP) is 0.636. The van der Waals surface area contributed by atoms with Crippen LogP contribution in [0.4, 0.5) is 0 Å². The van der Waals surface area contributed by atoms with E-state index in [1.807, 2.05) is 0 Å². The molecular weight excluding hydrogens is 236 g/mol. The number of rotatable bonds is 5. The standard InChI is InChI=1S/C12H24N2O2S/c1-10(2)17(15,16)9-6-13-11-5-8-14-7-3-4-12(11)14/h10-13H,3-9H2,1-2H3. The third kappa shape index (κ3) is 3.01. The van der Waals surface area contributed by atoms with Crippen LogP contribution in [-0.2, 0) is 9.84 Å². The van der Waals surface area contributed by atoms with Crippen LogP contribution in [0.25, 0.3) is 0 Å². The largest absolute Gasteiger partial charge is 0.311 e. The van der Waals surface area contributed by atoms with Crippen LogP contribution >= 0.6 is 0 Å². The molecule has 0 amide bonds. The lowest BCUT2D eigenvalue weighted by Gasteiger charge is -2.21. The van der Waals surface area contributed by atoms with Crippen molar-refractivity contribution in [1.82, 2.24) is 10.2 Å². The maximum Gasteiger partial charge on any atom is 0.153 e. The average molecular weight is 260 g/mol. The maximum atomic E-state index is 11.7. The first-order chi connectivity index (χ1) is 8.00. The molecule has 2 fully saturated rings. The van der Waals surface area contributed by atoms with Gasteiger partial charge in [-0.15, -0.1) is 0 Å². The van der Waals surface area contributed by atoms with E-state index in [2.05, 4.69) is 10.2 Å². The number of nitrogens with zero attached hydrogens (tertiary/aromatic N) is 1. The summed E-state index contributed by atoms with van der Waals surface area (Å²) in [6, 6.07) is 1.18. The van der Waals surface area contributed by atoms with E-state index in [-0.39, 0.29) is 11.0 Å². The smallest absolute Gasteiger partial charge is 0.153 e. The molecule has 2 unspecified atom stereocenters. The Hall–Kier alpha value is -0.130. The summed E-state index contributed by atoms with van der Waals surface area (Å²) in [5.74, 6) is 0.272. The lowest BCUT2D eigenvalue weighted by molar-refractivity contribution is 0.300. The van der Waals surface area contributed by atoms with Crippen LogP contribution in [0.5, 0.6) is 0 Å². The van der Waals surface area contributed by atoms with Gasteiger partial charge in [0.05, 0.1) is 11.0 Å². The molecule has 17 heavy (non-hydrogen) atoms.